The van der Waals surface area contributed by atoms with Crippen LogP contribution in [0.3, 0.4) is 0 Å². The van der Waals surface area contributed by atoms with Crippen LogP contribution in [0.25, 0.3) is 6.08 Å². The van der Waals surface area contributed by atoms with Crippen molar-refractivity contribution in [3.05, 3.63) is 113 Å². The molecule has 0 radical (unpaired) electrons. The normalized spacial score (nSPS) is 10.7. The molecule has 3 rings (SSSR count). The first-order chi connectivity index (χ1) is 13.2. The molecule has 3 nitrogen and oxygen atoms in total. The van der Waals surface area contributed by atoms with Crippen molar-refractivity contribution in [2.45, 2.75) is 13.1 Å². The van der Waals surface area contributed by atoms with Crippen LogP contribution in [-0.4, -0.2) is 10.9 Å². The summed E-state index contributed by atoms with van der Waals surface area (Å²) < 4.78 is 0. The lowest BCUT2D eigenvalue weighted by molar-refractivity contribution is 0.196. The molecule has 0 atom stereocenters. The zero-order valence-electron chi connectivity index (χ0n) is 14.9. The lowest BCUT2D eigenvalue weighted by atomic mass is 10.2. The number of urea groups is 1. The third-order valence-electron chi connectivity index (χ3n) is 4.09. The largest absolute Gasteiger partial charge is 0.321 e. The van der Waals surface area contributed by atoms with E-state index in [4.69, 9.17) is 11.6 Å². The van der Waals surface area contributed by atoms with Gasteiger partial charge in [-0.1, -0.05) is 90.5 Å². The lowest BCUT2D eigenvalue weighted by Gasteiger charge is -2.22. The summed E-state index contributed by atoms with van der Waals surface area (Å²) in [6, 6.07) is 27.3. The van der Waals surface area contributed by atoms with Crippen molar-refractivity contribution in [2.24, 2.45) is 0 Å². The first-order valence-electron chi connectivity index (χ1n) is 8.77. The van der Waals surface area contributed by atoms with E-state index in [1.54, 1.807) is 17.2 Å². The van der Waals surface area contributed by atoms with Crippen LogP contribution in [-0.2, 0) is 13.1 Å². The number of benzene rings is 3. The molecule has 0 aliphatic rings. The average molecular weight is 377 g/mol. The monoisotopic (exact) mass is 376 g/mol. The van der Waals surface area contributed by atoms with Crippen molar-refractivity contribution in [3.63, 3.8) is 0 Å². The van der Waals surface area contributed by atoms with Gasteiger partial charge in [-0.2, -0.15) is 0 Å². The minimum atomic E-state index is -0.161. The number of hydrogen-bond donors (Lipinski definition) is 1. The SMILES string of the molecule is O=C(N/C=C/c1ccccc1Cl)N(Cc1ccccc1)Cc1ccccc1. The number of nitrogens with zero attached hydrogens (tertiary/aromatic N) is 1. The summed E-state index contributed by atoms with van der Waals surface area (Å²) in [5, 5.41) is 3.49. The highest BCUT2D eigenvalue weighted by atomic mass is 35.5. The van der Waals surface area contributed by atoms with Gasteiger partial charge in [-0.05, 0) is 28.8 Å². The molecule has 1 N–H and O–H groups in total. The summed E-state index contributed by atoms with van der Waals surface area (Å²) in [5.74, 6) is 0. The maximum atomic E-state index is 12.8. The Morgan fingerprint density at radius 1 is 0.815 bits per heavy atom. The van der Waals surface area contributed by atoms with E-state index in [-0.39, 0.29) is 6.03 Å². The van der Waals surface area contributed by atoms with Crippen molar-refractivity contribution in [3.8, 4) is 0 Å². The molecule has 2 amide bonds. The van der Waals surface area contributed by atoms with Gasteiger partial charge in [0.05, 0.1) is 0 Å². The van der Waals surface area contributed by atoms with Crippen LogP contribution >= 0.6 is 11.6 Å². The van der Waals surface area contributed by atoms with Crippen LogP contribution in [0.4, 0.5) is 4.79 Å². The molecule has 27 heavy (non-hydrogen) atoms. The first kappa shape index (κ1) is 18.7. The molecule has 0 saturated heterocycles. The molecule has 4 heteroatoms. The Morgan fingerprint density at radius 2 is 1.33 bits per heavy atom. The van der Waals surface area contributed by atoms with Gasteiger partial charge in [0.25, 0.3) is 0 Å². The van der Waals surface area contributed by atoms with Gasteiger partial charge in [0.2, 0.25) is 0 Å². The molecule has 0 fully saturated rings. The predicted molar refractivity (Wildman–Crippen MR) is 111 cm³/mol. The van der Waals surface area contributed by atoms with Crippen molar-refractivity contribution >= 4 is 23.7 Å². The fourth-order valence-electron chi connectivity index (χ4n) is 2.71. The fraction of sp³-hybridized carbons (Fsp3) is 0.0870. The minimum absolute atomic E-state index is 0.161. The van der Waals surface area contributed by atoms with E-state index in [1.807, 2.05) is 84.9 Å². The molecule has 0 spiro atoms. The van der Waals surface area contributed by atoms with Crippen LogP contribution in [0, 0.1) is 0 Å². The van der Waals surface area contributed by atoms with Gasteiger partial charge in [0, 0.05) is 24.3 Å². The minimum Gasteiger partial charge on any atom is -0.316 e. The highest BCUT2D eigenvalue weighted by Crippen LogP contribution is 2.16. The summed E-state index contributed by atoms with van der Waals surface area (Å²) in [6.45, 7) is 1.06. The van der Waals surface area contributed by atoms with E-state index in [0.717, 1.165) is 16.7 Å². The number of halogens is 1. The zero-order valence-corrected chi connectivity index (χ0v) is 15.6. The molecule has 0 heterocycles. The van der Waals surface area contributed by atoms with Crippen LogP contribution in [0.1, 0.15) is 16.7 Å². The highest BCUT2D eigenvalue weighted by molar-refractivity contribution is 6.32. The second-order valence-corrected chi connectivity index (χ2v) is 6.54. The van der Waals surface area contributed by atoms with Crippen molar-refractivity contribution in [1.82, 2.24) is 10.2 Å². The molecule has 0 aliphatic heterocycles. The molecule has 3 aromatic rings. The van der Waals surface area contributed by atoms with Gasteiger partial charge in [0.15, 0.2) is 0 Å². The molecule has 0 saturated carbocycles. The highest BCUT2D eigenvalue weighted by Gasteiger charge is 2.13. The number of amides is 2. The van der Waals surface area contributed by atoms with E-state index in [1.165, 1.54) is 0 Å². The Bertz CT molecular complexity index is 853. The maximum absolute atomic E-state index is 12.8. The average Bonchev–Trinajstić information content (AvgIpc) is 2.70. The zero-order chi connectivity index (χ0) is 18.9. The van der Waals surface area contributed by atoms with E-state index < -0.39 is 0 Å². The number of hydrogen-bond acceptors (Lipinski definition) is 1. The van der Waals surface area contributed by atoms with Crippen molar-refractivity contribution in [2.75, 3.05) is 0 Å². The summed E-state index contributed by atoms with van der Waals surface area (Å²) in [5.41, 5.74) is 3.02. The summed E-state index contributed by atoms with van der Waals surface area (Å²) in [7, 11) is 0. The Hall–Kier alpha value is -3.04. The summed E-state index contributed by atoms with van der Waals surface area (Å²) in [4.78, 5) is 14.5. The summed E-state index contributed by atoms with van der Waals surface area (Å²) >= 11 is 6.14. The number of carbonyl (C=O) groups excluding carboxylic acids is 1. The van der Waals surface area contributed by atoms with Gasteiger partial charge < -0.3 is 10.2 Å². The second-order valence-electron chi connectivity index (χ2n) is 6.13. The smallest absolute Gasteiger partial charge is 0.316 e. The van der Waals surface area contributed by atoms with Gasteiger partial charge >= 0.3 is 6.03 Å². The molecule has 136 valence electrons. The molecule has 0 unspecified atom stereocenters. The van der Waals surface area contributed by atoms with E-state index in [0.29, 0.717) is 18.1 Å². The Labute approximate surface area is 164 Å². The van der Waals surface area contributed by atoms with Crippen LogP contribution in [0.15, 0.2) is 91.1 Å². The second kappa shape index (κ2) is 9.60. The lowest BCUT2D eigenvalue weighted by Crippen LogP contribution is -2.36. The van der Waals surface area contributed by atoms with E-state index in [9.17, 15) is 4.79 Å². The van der Waals surface area contributed by atoms with Gasteiger partial charge in [0.1, 0.15) is 0 Å². The number of carbonyl (C=O) groups is 1. The van der Waals surface area contributed by atoms with E-state index in [2.05, 4.69) is 5.32 Å². The number of rotatable bonds is 6. The van der Waals surface area contributed by atoms with Gasteiger partial charge in [-0.15, -0.1) is 0 Å². The quantitative estimate of drug-likeness (QED) is 0.586. The Morgan fingerprint density at radius 3 is 1.89 bits per heavy atom. The third kappa shape index (κ3) is 5.73. The topological polar surface area (TPSA) is 32.3 Å². The van der Waals surface area contributed by atoms with Crippen LogP contribution in [0.5, 0.6) is 0 Å². The van der Waals surface area contributed by atoms with E-state index >= 15 is 0 Å². The Kier molecular flexibility index (Phi) is 6.66. The standard InChI is InChI=1S/C23H21ClN2O/c24-22-14-8-7-13-21(22)15-16-25-23(27)26(17-19-9-3-1-4-10-19)18-20-11-5-2-6-12-20/h1-16H,17-18H2,(H,25,27)/b16-15+. The van der Waals surface area contributed by atoms with Crippen LogP contribution in [0.2, 0.25) is 5.02 Å². The first-order valence-corrected chi connectivity index (χ1v) is 9.14. The van der Waals surface area contributed by atoms with Gasteiger partial charge in [-0.25, -0.2) is 4.79 Å². The van der Waals surface area contributed by atoms with Gasteiger partial charge in [-0.3, -0.25) is 0 Å². The fourth-order valence-corrected chi connectivity index (χ4v) is 2.91. The third-order valence-corrected chi connectivity index (χ3v) is 4.44. The maximum Gasteiger partial charge on any atom is 0.321 e. The predicted octanol–water partition coefficient (Wildman–Crippen LogP) is 5.72. The molecular weight excluding hydrogens is 356 g/mol. The number of nitrogens with one attached hydrogen (secondary N) is 1. The Balaban J connectivity index is 1.70. The van der Waals surface area contributed by atoms with Crippen molar-refractivity contribution in [1.29, 1.82) is 0 Å². The van der Waals surface area contributed by atoms with Crippen molar-refractivity contribution < 1.29 is 4.79 Å². The molecular formula is C23H21ClN2O. The molecule has 0 aliphatic carbocycles. The molecule has 3 aromatic carbocycles. The summed E-state index contributed by atoms with van der Waals surface area (Å²) in [6.07, 6.45) is 3.43. The van der Waals surface area contributed by atoms with Crippen LogP contribution < -0.4 is 5.32 Å². The molecule has 0 bridgehead atoms. The molecule has 0 aromatic heterocycles.